The zero-order valence-electron chi connectivity index (χ0n) is 6.80. The van der Waals surface area contributed by atoms with Crippen LogP contribution in [-0.2, 0) is 4.79 Å². The van der Waals surface area contributed by atoms with Gasteiger partial charge in [-0.05, 0) is 73.8 Å². The van der Waals surface area contributed by atoms with Crippen LogP contribution in [0.25, 0.3) is 0 Å². The molecule has 3 nitrogen and oxygen atoms in total. The van der Waals surface area contributed by atoms with Gasteiger partial charge in [0.15, 0.2) is 6.10 Å². The first kappa shape index (κ1) is 12.9. The number of benzene rings is 1. The minimum Gasteiger partial charge on any atom is -0.378 e. The summed E-state index contributed by atoms with van der Waals surface area (Å²) < 4.78 is 3.00. The van der Waals surface area contributed by atoms with E-state index in [0.717, 1.165) is 10.7 Å². The Morgan fingerprint density at radius 2 is 1.86 bits per heavy atom. The monoisotopic (exact) mass is 529 g/mol. The molecule has 1 amide bonds. The topological polar surface area (TPSA) is 63.3 Å². The predicted octanol–water partition coefficient (Wildman–Crippen LogP) is 2.02. The van der Waals surface area contributed by atoms with Gasteiger partial charge in [0.1, 0.15) is 0 Å². The number of amides is 1. The highest BCUT2D eigenvalue weighted by Gasteiger charge is 2.18. The highest BCUT2D eigenvalue weighted by molar-refractivity contribution is 14.1. The second-order valence-electron chi connectivity index (χ2n) is 2.57. The van der Waals surface area contributed by atoms with Gasteiger partial charge in [0.2, 0.25) is 0 Å². The SMILES string of the molecule is NC(=O)C(O)c1ccc(I)c(I)c1I. The van der Waals surface area contributed by atoms with Crippen molar-refractivity contribution >= 4 is 73.7 Å². The van der Waals surface area contributed by atoms with Crippen molar-refractivity contribution in [2.75, 3.05) is 0 Å². The van der Waals surface area contributed by atoms with Crippen molar-refractivity contribution in [1.29, 1.82) is 0 Å². The minimum atomic E-state index is -1.22. The van der Waals surface area contributed by atoms with E-state index in [-0.39, 0.29) is 0 Å². The van der Waals surface area contributed by atoms with Crippen LogP contribution in [0.5, 0.6) is 0 Å². The molecule has 1 atom stereocenters. The molecule has 0 aliphatic heterocycles. The van der Waals surface area contributed by atoms with Crippen molar-refractivity contribution in [2.45, 2.75) is 6.10 Å². The molecule has 14 heavy (non-hydrogen) atoms. The second-order valence-corrected chi connectivity index (χ2v) is 5.89. The number of hydrogen-bond donors (Lipinski definition) is 2. The maximum absolute atomic E-state index is 10.8. The van der Waals surface area contributed by atoms with E-state index >= 15 is 0 Å². The number of hydrogen-bond acceptors (Lipinski definition) is 2. The van der Waals surface area contributed by atoms with Crippen molar-refractivity contribution in [1.82, 2.24) is 0 Å². The van der Waals surface area contributed by atoms with Crippen molar-refractivity contribution < 1.29 is 9.90 Å². The molecule has 0 saturated heterocycles. The molecule has 1 rings (SSSR count). The highest BCUT2D eigenvalue weighted by atomic mass is 127. The molecule has 76 valence electrons. The van der Waals surface area contributed by atoms with E-state index in [2.05, 4.69) is 67.8 Å². The molecule has 1 aromatic carbocycles. The molecular weight excluding hydrogens is 523 g/mol. The van der Waals surface area contributed by atoms with Gasteiger partial charge >= 0.3 is 0 Å². The lowest BCUT2D eigenvalue weighted by Gasteiger charge is -2.11. The van der Waals surface area contributed by atoms with Crippen LogP contribution in [0.4, 0.5) is 0 Å². The zero-order valence-corrected chi connectivity index (χ0v) is 13.3. The van der Waals surface area contributed by atoms with Crippen LogP contribution in [0, 0.1) is 10.7 Å². The second kappa shape index (κ2) is 5.25. The first-order valence-electron chi connectivity index (χ1n) is 3.56. The molecule has 0 aliphatic carbocycles. The molecular formula is C8H6I3NO2. The Hall–Kier alpha value is 0.840. The summed E-state index contributed by atoms with van der Waals surface area (Å²) in [5.74, 6) is -0.722. The normalized spacial score (nSPS) is 12.6. The number of carbonyl (C=O) groups excluding carboxylic acids is 1. The van der Waals surface area contributed by atoms with E-state index in [4.69, 9.17) is 5.73 Å². The van der Waals surface area contributed by atoms with Gasteiger partial charge in [-0.1, -0.05) is 6.07 Å². The van der Waals surface area contributed by atoms with E-state index in [1.54, 1.807) is 6.07 Å². The molecule has 0 radical (unpaired) electrons. The fourth-order valence-electron chi connectivity index (χ4n) is 0.905. The van der Waals surface area contributed by atoms with Gasteiger partial charge in [-0.3, -0.25) is 4.79 Å². The average Bonchev–Trinajstić information content (AvgIpc) is 2.13. The molecule has 0 spiro atoms. The maximum Gasteiger partial charge on any atom is 0.250 e. The van der Waals surface area contributed by atoms with Crippen molar-refractivity contribution in [3.63, 3.8) is 0 Å². The third-order valence-corrected chi connectivity index (χ3v) is 6.87. The highest BCUT2D eigenvalue weighted by Crippen LogP contribution is 2.28. The molecule has 0 bridgehead atoms. The summed E-state index contributed by atoms with van der Waals surface area (Å²) in [7, 11) is 0. The van der Waals surface area contributed by atoms with Crippen molar-refractivity contribution in [3.05, 3.63) is 28.4 Å². The Morgan fingerprint density at radius 1 is 1.29 bits per heavy atom. The molecule has 0 aromatic heterocycles. The Balaban J connectivity index is 3.24. The molecule has 0 saturated carbocycles. The Kier molecular flexibility index (Phi) is 4.84. The first-order valence-corrected chi connectivity index (χ1v) is 6.79. The van der Waals surface area contributed by atoms with Crippen LogP contribution in [0.1, 0.15) is 11.7 Å². The van der Waals surface area contributed by atoms with E-state index in [1.165, 1.54) is 0 Å². The van der Waals surface area contributed by atoms with Crippen LogP contribution >= 0.6 is 67.8 Å². The van der Waals surface area contributed by atoms with Gasteiger partial charge in [-0.2, -0.15) is 0 Å². The quantitative estimate of drug-likeness (QED) is 0.456. The van der Waals surface area contributed by atoms with Crippen LogP contribution < -0.4 is 5.73 Å². The van der Waals surface area contributed by atoms with E-state index in [0.29, 0.717) is 5.56 Å². The lowest BCUT2D eigenvalue weighted by Crippen LogP contribution is -2.22. The van der Waals surface area contributed by atoms with Gasteiger partial charge in [-0.15, -0.1) is 0 Å². The molecule has 0 fully saturated rings. The molecule has 3 N–H and O–H groups in total. The molecule has 1 unspecified atom stereocenters. The lowest BCUT2D eigenvalue weighted by molar-refractivity contribution is -0.126. The molecule has 1 aromatic rings. The van der Waals surface area contributed by atoms with E-state index in [1.807, 2.05) is 6.07 Å². The smallest absolute Gasteiger partial charge is 0.250 e. The van der Waals surface area contributed by atoms with Crippen molar-refractivity contribution in [2.24, 2.45) is 5.73 Å². The molecule has 6 heteroatoms. The number of nitrogens with two attached hydrogens (primary N) is 1. The summed E-state index contributed by atoms with van der Waals surface area (Å²) in [4.78, 5) is 10.8. The van der Waals surface area contributed by atoms with Gasteiger partial charge in [0, 0.05) is 16.3 Å². The molecule has 0 aliphatic rings. The van der Waals surface area contributed by atoms with Gasteiger partial charge < -0.3 is 10.8 Å². The maximum atomic E-state index is 10.8. The number of aliphatic hydroxyl groups is 1. The third kappa shape index (κ3) is 2.70. The summed E-state index contributed by atoms with van der Waals surface area (Å²) >= 11 is 6.47. The number of carbonyl (C=O) groups is 1. The van der Waals surface area contributed by atoms with Crippen LogP contribution in [0.15, 0.2) is 12.1 Å². The van der Waals surface area contributed by atoms with Gasteiger partial charge in [-0.25, -0.2) is 0 Å². The average molecular weight is 529 g/mol. The third-order valence-electron chi connectivity index (χ3n) is 1.63. The summed E-state index contributed by atoms with van der Waals surface area (Å²) in [6.07, 6.45) is -1.22. The Bertz CT molecular complexity index is 381. The van der Waals surface area contributed by atoms with Crippen LogP contribution in [-0.4, -0.2) is 11.0 Å². The largest absolute Gasteiger partial charge is 0.378 e. The first-order chi connectivity index (χ1) is 6.45. The van der Waals surface area contributed by atoms with Crippen molar-refractivity contribution in [3.8, 4) is 0 Å². The number of aliphatic hydroxyl groups excluding tert-OH is 1. The standard InChI is InChI=1S/C8H6I3NO2/c9-4-2-1-3(5(10)6(4)11)7(13)8(12)14/h1-2,7,13H,(H2,12,14). The Morgan fingerprint density at radius 3 is 2.36 bits per heavy atom. The van der Waals surface area contributed by atoms with Crippen LogP contribution in [0.3, 0.4) is 0 Å². The fourth-order valence-corrected chi connectivity index (χ4v) is 3.13. The number of primary amides is 1. The Labute approximate surface area is 122 Å². The number of halogens is 3. The molecule has 0 heterocycles. The van der Waals surface area contributed by atoms with E-state index < -0.39 is 12.0 Å². The lowest BCUT2D eigenvalue weighted by atomic mass is 10.1. The summed E-state index contributed by atoms with van der Waals surface area (Å²) in [5.41, 5.74) is 5.60. The van der Waals surface area contributed by atoms with Crippen LogP contribution in [0.2, 0.25) is 0 Å². The van der Waals surface area contributed by atoms with E-state index in [9.17, 15) is 9.90 Å². The number of rotatable bonds is 2. The summed E-state index contributed by atoms with van der Waals surface area (Å²) in [6, 6.07) is 3.58. The van der Waals surface area contributed by atoms with Gasteiger partial charge in [0.05, 0.1) is 0 Å². The summed E-state index contributed by atoms with van der Waals surface area (Å²) in [5, 5.41) is 9.51. The fraction of sp³-hybridized carbons (Fsp3) is 0.125. The predicted molar refractivity (Wildman–Crippen MR) is 78.7 cm³/mol. The minimum absolute atomic E-state index is 0.572. The van der Waals surface area contributed by atoms with Gasteiger partial charge in [0.25, 0.3) is 5.91 Å². The summed E-state index contributed by atoms with van der Waals surface area (Å²) in [6.45, 7) is 0. The zero-order chi connectivity index (χ0) is 10.9.